The van der Waals surface area contributed by atoms with Gasteiger partial charge in [0.05, 0.1) is 5.25 Å². The Kier molecular flexibility index (Phi) is 6.74. The molecule has 3 unspecified atom stereocenters. The van der Waals surface area contributed by atoms with Crippen molar-refractivity contribution in [2.45, 2.75) is 88.0 Å². The molecular formula is C18H33N3O3S. The minimum absolute atomic E-state index is 0.0475. The largest absolute Gasteiger partial charge is 0.352 e. The van der Waals surface area contributed by atoms with Crippen LogP contribution in [-0.4, -0.2) is 44.7 Å². The molecule has 3 atom stereocenters. The van der Waals surface area contributed by atoms with E-state index in [0.29, 0.717) is 12.8 Å². The smallest absolute Gasteiger partial charge is 0.223 e. The molecule has 3 aliphatic rings. The summed E-state index contributed by atoms with van der Waals surface area (Å²) >= 11 is 0. The van der Waals surface area contributed by atoms with Crippen molar-refractivity contribution in [3.05, 3.63) is 0 Å². The van der Waals surface area contributed by atoms with Crippen LogP contribution in [0.5, 0.6) is 0 Å². The molecule has 6 nitrogen and oxygen atoms in total. The number of piperidine rings is 1. The molecule has 0 spiro atoms. The van der Waals surface area contributed by atoms with Gasteiger partial charge in [0.2, 0.25) is 15.9 Å². The van der Waals surface area contributed by atoms with Crippen LogP contribution in [0.25, 0.3) is 0 Å². The van der Waals surface area contributed by atoms with Crippen LogP contribution in [0.3, 0.4) is 0 Å². The van der Waals surface area contributed by atoms with E-state index in [9.17, 15) is 13.2 Å². The summed E-state index contributed by atoms with van der Waals surface area (Å²) in [7, 11) is -3.32. The maximum atomic E-state index is 12.8. The molecule has 1 aliphatic heterocycles. The van der Waals surface area contributed by atoms with Crippen molar-refractivity contribution in [3.8, 4) is 0 Å². The van der Waals surface area contributed by atoms with Gasteiger partial charge in [0.25, 0.3) is 0 Å². The van der Waals surface area contributed by atoms with E-state index in [1.165, 1.54) is 6.42 Å². The lowest BCUT2D eigenvalue weighted by Crippen LogP contribution is -2.49. The van der Waals surface area contributed by atoms with Crippen LogP contribution in [0.4, 0.5) is 0 Å². The Morgan fingerprint density at radius 2 is 1.64 bits per heavy atom. The third kappa shape index (κ3) is 5.41. The number of hydrogen-bond donors (Lipinski definition) is 3. The van der Waals surface area contributed by atoms with Gasteiger partial charge in [-0.2, -0.15) is 0 Å². The average molecular weight is 372 g/mol. The van der Waals surface area contributed by atoms with Crippen LogP contribution < -0.4 is 15.4 Å². The second kappa shape index (κ2) is 8.82. The quantitative estimate of drug-likeness (QED) is 0.686. The number of carbonyl (C=O) groups excluding carboxylic acids is 1. The first kappa shape index (κ1) is 19.1. The number of hydrogen-bond acceptors (Lipinski definition) is 4. The molecule has 0 aromatic carbocycles. The van der Waals surface area contributed by atoms with Gasteiger partial charge in [-0.05, 0) is 51.5 Å². The van der Waals surface area contributed by atoms with E-state index >= 15 is 0 Å². The molecule has 1 heterocycles. The monoisotopic (exact) mass is 371 g/mol. The van der Waals surface area contributed by atoms with Crippen molar-refractivity contribution >= 4 is 15.9 Å². The molecule has 0 bridgehead atoms. The van der Waals surface area contributed by atoms with Crippen LogP contribution in [0.2, 0.25) is 0 Å². The summed E-state index contributed by atoms with van der Waals surface area (Å²) in [5.74, 6) is -0.116. The Bertz CT molecular complexity index is 540. The summed E-state index contributed by atoms with van der Waals surface area (Å²) < 4.78 is 28.5. The van der Waals surface area contributed by atoms with Gasteiger partial charge in [0.1, 0.15) is 0 Å². The summed E-state index contributed by atoms with van der Waals surface area (Å²) in [4.78, 5) is 12.6. The van der Waals surface area contributed by atoms with E-state index in [-0.39, 0.29) is 23.9 Å². The molecule has 0 radical (unpaired) electrons. The third-order valence-electron chi connectivity index (χ3n) is 6.02. The fourth-order valence-corrected chi connectivity index (χ4v) is 6.36. The summed E-state index contributed by atoms with van der Waals surface area (Å²) in [6, 6.07) is 0.292. The van der Waals surface area contributed by atoms with Crippen molar-refractivity contribution in [2.75, 3.05) is 13.1 Å². The van der Waals surface area contributed by atoms with E-state index < -0.39 is 15.3 Å². The van der Waals surface area contributed by atoms with Gasteiger partial charge in [0, 0.05) is 24.5 Å². The van der Waals surface area contributed by atoms with Gasteiger partial charge in [0.15, 0.2) is 0 Å². The predicted octanol–water partition coefficient (Wildman–Crippen LogP) is 1.67. The molecule has 1 saturated heterocycles. The van der Waals surface area contributed by atoms with E-state index in [0.717, 1.165) is 64.5 Å². The fourth-order valence-electron chi connectivity index (χ4n) is 4.51. The highest BCUT2D eigenvalue weighted by Gasteiger charge is 2.36. The van der Waals surface area contributed by atoms with Gasteiger partial charge >= 0.3 is 0 Å². The molecule has 3 N–H and O–H groups in total. The van der Waals surface area contributed by atoms with Gasteiger partial charge in [-0.15, -0.1) is 0 Å². The fraction of sp³-hybridized carbons (Fsp3) is 0.944. The molecule has 1 amide bonds. The van der Waals surface area contributed by atoms with Crippen molar-refractivity contribution in [1.29, 1.82) is 0 Å². The summed E-state index contributed by atoms with van der Waals surface area (Å²) in [5, 5.41) is 6.01. The first-order valence-electron chi connectivity index (χ1n) is 10.1. The molecule has 0 aromatic heterocycles. The van der Waals surface area contributed by atoms with E-state index in [1.807, 2.05) is 0 Å². The van der Waals surface area contributed by atoms with Crippen molar-refractivity contribution < 1.29 is 13.2 Å². The van der Waals surface area contributed by atoms with E-state index in [1.54, 1.807) is 0 Å². The van der Waals surface area contributed by atoms with Gasteiger partial charge < -0.3 is 10.6 Å². The molecule has 25 heavy (non-hydrogen) atoms. The highest BCUT2D eigenvalue weighted by atomic mass is 32.2. The van der Waals surface area contributed by atoms with E-state index in [4.69, 9.17) is 0 Å². The second-order valence-corrected chi connectivity index (χ2v) is 10.0. The zero-order valence-electron chi connectivity index (χ0n) is 15.1. The highest BCUT2D eigenvalue weighted by Crippen LogP contribution is 2.30. The Labute approximate surface area is 151 Å². The van der Waals surface area contributed by atoms with Crippen LogP contribution in [0.15, 0.2) is 0 Å². The van der Waals surface area contributed by atoms with Gasteiger partial charge in [-0.3, -0.25) is 4.79 Å². The Morgan fingerprint density at radius 3 is 2.36 bits per heavy atom. The Morgan fingerprint density at radius 1 is 0.880 bits per heavy atom. The lowest BCUT2D eigenvalue weighted by molar-refractivity contribution is -0.126. The number of carbonyl (C=O) groups is 1. The molecule has 7 heteroatoms. The Balaban J connectivity index is 1.53. The predicted molar refractivity (Wildman–Crippen MR) is 98.7 cm³/mol. The summed E-state index contributed by atoms with van der Waals surface area (Å²) in [6.07, 6.45) is 10.2. The molecule has 2 saturated carbocycles. The maximum absolute atomic E-state index is 12.8. The van der Waals surface area contributed by atoms with E-state index in [2.05, 4.69) is 15.4 Å². The minimum Gasteiger partial charge on any atom is -0.352 e. The average Bonchev–Trinajstić information content (AvgIpc) is 2.63. The first-order valence-corrected chi connectivity index (χ1v) is 11.6. The summed E-state index contributed by atoms with van der Waals surface area (Å²) in [6.45, 7) is 1.84. The zero-order chi connectivity index (χ0) is 17.7. The van der Waals surface area contributed by atoms with Gasteiger partial charge in [-0.1, -0.05) is 25.7 Å². The highest BCUT2D eigenvalue weighted by molar-refractivity contribution is 7.90. The Hall–Kier alpha value is -0.660. The lowest BCUT2D eigenvalue weighted by Gasteiger charge is -2.32. The standard InChI is InChI=1S/C18H33N3O3S/c22-18(20-16-9-5-11-19-13-16)14-6-4-10-17(12-14)25(23,24)21-15-7-2-1-3-8-15/h14-17,19,21H,1-13H2,(H,20,22). The molecule has 0 aromatic rings. The third-order valence-corrected chi connectivity index (χ3v) is 7.98. The number of sulfonamides is 1. The lowest BCUT2D eigenvalue weighted by atomic mass is 9.88. The van der Waals surface area contributed by atoms with Crippen LogP contribution in [0, 0.1) is 5.92 Å². The van der Waals surface area contributed by atoms with Gasteiger partial charge in [-0.25, -0.2) is 13.1 Å². The number of rotatable bonds is 5. The maximum Gasteiger partial charge on any atom is 0.223 e. The minimum atomic E-state index is -3.32. The molecule has 3 rings (SSSR count). The SMILES string of the molecule is O=C(NC1CCCNC1)C1CCCC(S(=O)(=O)NC2CCCCC2)C1. The zero-order valence-corrected chi connectivity index (χ0v) is 16.0. The van der Waals surface area contributed by atoms with Crippen molar-refractivity contribution in [1.82, 2.24) is 15.4 Å². The molecule has 2 aliphatic carbocycles. The molecule has 144 valence electrons. The number of amides is 1. The van der Waals surface area contributed by atoms with Crippen LogP contribution in [0.1, 0.15) is 70.6 Å². The van der Waals surface area contributed by atoms with Crippen molar-refractivity contribution in [3.63, 3.8) is 0 Å². The first-order chi connectivity index (χ1) is 12.0. The second-order valence-electron chi connectivity index (χ2n) is 8.04. The van der Waals surface area contributed by atoms with Crippen LogP contribution >= 0.6 is 0 Å². The number of nitrogens with one attached hydrogen (secondary N) is 3. The molecule has 3 fully saturated rings. The van der Waals surface area contributed by atoms with Crippen LogP contribution in [-0.2, 0) is 14.8 Å². The topological polar surface area (TPSA) is 87.3 Å². The normalized spacial score (nSPS) is 32.2. The molecular weight excluding hydrogens is 338 g/mol. The summed E-state index contributed by atoms with van der Waals surface area (Å²) in [5.41, 5.74) is 0. The van der Waals surface area contributed by atoms with Crippen molar-refractivity contribution in [2.24, 2.45) is 5.92 Å².